The lowest BCUT2D eigenvalue weighted by molar-refractivity contribution is -0.287. The van der Waals surface area contributed by atoms with Crippen LogP contribution in [0.5, 0.6) is 11.5 Å². The molecular formula is C11H15ClF2N2O2. The van der Waals surface area contributed by atoms with Crippen LogP contribution in [0, 0.1) is 0 Å². The Morgan fingerprint density at radius 1 is 1.28 bits per heavy atom. The SMILES string of the molecule is Cl.NCCC[C@H](N)c1cccc2c1OC(F)(F)O2. The highest BCUT2D eigenvalue weighted by Gasteiger charge is 2.44. The Morgan fingerprint density at radius 2 is 2.00 bits per heavy atom. The number of nitrogens with two attached hydrogens (primary N) is 2. The van der Waals surface area contributed by atoms with E-state index in [9.17, 15) is 8.78 Å². The van der Waals surface area contributed by atoms with E-state index in [2.05, 4.69) is 9.47 Å². The third-order valence-corrected chi connectivity index (χ3v) is 2.58. The lowest BCUT2D eigenvalue weighted by Gasteiger charge is -2.13. The molecule has 18 heavy (non-hydrogen) atoms. The molecule has 1 heterocycles. The van der Waals surface area contributed by atoms with Crippen molar-refractivity contribution in [2.45, 2.75) is 25.2 Å². The minimum absolute atomic E-state index is 0. The standard InChI is InChI=1S/C11H14F2N2O2.ClH/c12-11(13)16-9-5-1-3-7(10(9)17-11)8(15)4-2-6-14;/h1,3,5,8H,2,4,6,14-15H2;1H/t8-;/m0./s1. The van der Waals surface area contributed by atoms with E-state index in [1.807, 2.05) is 0 Å². The molecule has 1 aliphatic heterocycles. The molecule has 0 aliphatic carbocycles. The van der Waals surface area contributed by atoms with Gasteiger partial charge in [0.15, 0.2) is 11.5 Å². The number of hydrogen-bond acceptors (Lipinski definition) is 4. The first kappa shape index (κ1) is 14.9. The van der Waals surface area contributed by atoms with Gasteiger partial charge >= 0.3 is 6.29 Å². The fourth-order valence-electron chi connectivity index (χ4n) is 1.78. The van der Waals surface area contributed by atoms with E-state index in [-0.39, 0.29) is 29.9 Å². The smallest absolute Gasteiger partial charge is 0.395 e. The van der Waals surface area contributed by atoms with E-state index in [1.54, 1.807) is 12.1 Å². The molecule has 102 valence electrons. The first-order valence-corrected chi connectivity index (χ1v) is 5.38. The van der Waals surface area contributed by atoms with Crippen LogP contribution in [-0.2, 0) is 0 Å². The average Bonchev–Trinajstić information content (AvgIpc) is 2.59. The zero-order chi connectivity index (χ0) is 12.5. The summed E-state index contributed by atoms with van der Waals surface area (Å²) in [6.45, 7) is 0.510. The van der Waals surface area contributed by atoms with Crippen LogP contribution in [0.15, 0.2) is 18.2 Å². The van der Waals surface area contributed by atoms with E-state index < -0.39 is 6.29 Å². The second-order valence-corrected chi connectivity index (χ2v) is 3.88. The van der Waals surface area contributed by atoms with E-state index in [0.29, 0.717) is 18.5 Å². The van der Waals surface area contributed by atoms with Crippen molar-refractivity contribution < 1.29 is 18.3 Å². The Hall–Kier alpha value is -1.11. The van der Waals surface area contributed by atoms with Gasteiger partial charge in [0, 0.05) is 11.6 Å². The van der Waals surface area contributed by atoms with Crippen LogP contribution in [0.4, 0.5) is 8.78 Å². The Labute approximate surface area is 110 Å². The molecule has 1 atom stereocenters. The first-order chi connectivity index (χ1) is 8.03. The summed E-state index contributed by atoms with van der Waals surface area (Å²) >= 11 is 0. The van der Waals surface area contributed by atoms with Crippen molar-refractivity contribution in [2.75, 3.05) is 6.54 Å². The maximum atomic E-state index is 12.9. The summed E-state index contributed by atoms with van der Waals surface area (Å²) in [5, 5.41) is 0. The van der Waals surface area contributed by atoms with Gasteiger partial charge in [0.25, 0.3) is 0 Å². The molecule has 0 bridgehead atoms. The molecular weight excluding hydrogens is 266 g/mol. The molecule has 0 unspecified atom stereocenters. The fraction of sp³-hybridized carbons (Fsp3) is 0.455. The number of hydrogen-bond donors (Lipinski definition) is 2. The molecule has 1 aliphatic rings. The summed E-state index contributed by atoms with van der Waals surface area (Å²) in [5.41, 5.74) is 11.8. The van der Waals surface area contributed by atoms with Gasteiger partial charge in [0.05, 0.1) is 0 Å². The monoisotopic (exact) mass is 280 g/mol. The van der Waals surface area contributed by atoms with Gasteiger partial charge in [-0.25, -0.2) is 0 Å². The number of rotatable bonds is 4. The second-order valence-electron chi connectivity index (χ2n) is 3.88. The fourth-order valence-corrected chi connectivity index (χ4v) is 1.78. The summed E-state index contributed by atoms with van der Waals surface area (Å²) in [4.78, 5) is 0. The second kappa shape index (κ2) is 5.69. The highest BCUT2D eigenvalue weighted by molar-refractivity contribution is 5.85. The molecule has 0 saturated heterocycles. The molecule has 0 aromatic heterocycles. The molecule has 7 heteroatoms. The van der Waals surface area contributed by atoms with Crippen molar-refractivity contribution in [1.82, 2.24) is 0 Å². The van der Waals surface area contributed by atoms with E-state index in [0.717, 1.165) is 6.42 Å². The molecule has 0 fully saturated rings. The summed E-state index contributed by atoms with van der Waals surface area (Å²) in [6.07, 6.45) is -2.27. The number of fused-ring (bicyclic) bond motifs is 1. The van der Waals surface area contributed by atoms with Gasteiger partial charge in [-0.15, -0.1) is 21.2 Å². The highest BCUT2D eigenvalue weighted by Crippen LogP contribution is 2.45. The topological polar surface area (TPSA) is 70.5 Å². The molecule has 0 spiro atoms. The summed E-state index contributed by atoms with van der Waals surface area (Å²) in [7, 11) is 0. The van der Waals surface area contributed by atoms with Crippen molar-refractivity contribution in [2.24, 2.45) is 11.5 Å². The van der Waals surface area contributed by atoms with Crippen molar-refractivity contribution in [3.63, 3.8) is 0 Å². The number of para-hydroxylation sites is 1. The lowest BCUT2D eigenvalue weighted by atomic mass is 10.0. The molecule has 4 N–H and O–H groups in total. The van der Waals surface area contributed by atoms with Crippen LogP contribution in [0.1, 0.15) is 24.4 Å². The summed E-state index contributed by atoms with van der Waals surface area (Å²) < 4.78 is 34.7. The molecule has 0 radical (unpaired) electrons. The Morgan fingerprint density at radius 3 is 2.67 bits per heavy atom. The maximum Gasteiger partial charge on any atom is 0.586 e. The first-order valence-electron chi connectivity index (χ1n) is 5.38. The van der Waals surface area contributed by atoms with Gasteiger partial charge in [0.1, 0.15) is 0 Å². The molecule has 1 aromatic rings. The lowest BCUT2D eigenvalue weighted by Crippen LogP contribution is -2.26. The van der Waals surface area contributed by atoms with Crippen LogP contribution >= 0.6 is 12.4 Å². The van der Waals surface area contributed by atoms with E-state index >= 15 is 0 Å². The van der Waals surface area contributed by atoms with Gasteiger partial charge in [-0.2, -0.15) is 0 Å². The normalized spacial score (nSPS) is 17.1. The van der Waals surface area contributed by atoms with Gasteiger partial charge in [-0.3, -0.25) is 0 Å². The zero-order valence-corrected chi connectivity index (χ0v) is 10.4. The van der Waals surface area contributed by atoms with E-state index in [1.165, 1.54) is 6.07 Å². The van der Waals surface area contributed by atoms with Crippen LogP contribution in [0.2, 0.25) is 0 Å². The molecule has 1 aromatic carbocycles. The average molecular weight is 281 g/mol. The van der Waals surface area contributed by atoms with Crippen LogP contribution in [0.3, 0.4) is 0 Å². The van der Waals surface area contributed by atoms with Crippen molar-refractivity contribution >= 4 is 12.4 Å². The van der Waals surface area contributed by atoms with Crippen molar-refractivity contribution in [3.05, 3.63) is 23.8 Å². The number of halogens is 3. The van der Waals surface area contributed by atoms with Crippen molar-refractivity contribution in [3.8, 4) is 11.5 Å². The Balaban J connectivity index is 0.00000162. The Bertz CT molecular complexity index is 418. The minimum atomic E-state index is -3.61. The quantitative estimate of drug-likeness (QED) is 0.887. The maximum absolute atomic E-state index is 12.9. The Kier molecular flexibility index (Phi) is 4.72. The summed E-state index contributed by atoms with van der Waals surface area (Å²) in [6, 6.07) is 4.31. The largest absolute Gasteiger partial charge is 0.586 e. The third kappa shape index (κ3) is 3.01. The molecule has 2 rings (SSSR count). The van der Waals surface area contributed by atoms with E-state index in [4.69, 9.17) is 11.5 Å². The molecule has 0 saturated carbocycles. The minimum Gasteiger partial charge on any atom is -0.395 e. The number of benzene rings is 1. The number of ether oxygens (including phenoxy) is 2. The number of alkyl halides is 2. The van der Waals surface area contributed by atoms with Crippen molar-refractivity contribution in [1.29, 1.82) is 0 Å². The van der Waals surface area contributed by atoms with Gasteiger partial charge < -0.3 is 20.9 Å². The van der Waals surface area contributed by atoms with Crippen LogP contribution in [0.25, 0.3) is 0 Å². The molecule has 0 amide bonds. The predicted octanol–water partition coefficient (Wildman–Crippen LogP) is 2.17. The van der Waals surface area contributed by atoms with Gasteiger partial charge in [-0.1, -0.05) is 12.1 Å². The predicted molar refractivity (Wildman–Crippen MR) is 65.1 cm³/mol. The summed E-state index contributed by atoms with van der Waals surface area (Å²) in [5.74, 6) is 0.0534. The van der Waals surface area contributed by atoms with Gasteiger partial charge in [-0.05, 0) is 25.5 Å². The van der Waals surface area contributed by atoms with Crippen LogP contribution in [-0.4, -0.2) is 12.8 Å². The molecule has 4 nitrogen and oxygen atoms in total. The van der Waals surface area contributed by atoms with Gasteiger partial charge in [0.2, 0.25) is 0 Å². The zero-order valence-electron chi connectivity index (χ0n) is 9.57. The third-order valence-electron chi connectivity index (χ3n) is 2.58. The highest BCUT2D eigenvalue weighted by atomic mass is 35.5. The van der Waals surface area contributed by atoms with Crippen LogP contribution < -0.4 is 20.9 Å².